The lowest BCUT2D eigenvalue weighted by Crippen LogP contribution is -2.31. The predicted molar refractivity (Wildman–Crippen MR) is 59.1 cm³/mol. The summed E-state index contributed by atoms with van der Waals surface area (Å²) in [6.07, 6.45) is -0.552. The Morgan fingerprint density at radius 3 is 2.67 bits per heavy atom. The molecule has 15 heavy (non-hydrogen) atoms. The van der Waals surface area contributed by atoms with Crippen LogP contribution in [0.4, 0.5) is 0 Å². The first-order valence-corrected chi connectivity index (χ1v) is 5.21. The number of aliphatic hydroxyl groups excluding tert-OH is 1. The summed E-state index contributed by atoms with van der Waals surface area (Å²) < 4.78 is 1.43. The summed E-state index contributed by atoms with van der Waals surface area (Å²) in [7, 11) is 0. The Labute approximate surface area is 93.5 Å². The SMILES string of the molecule is Cc1nc(Cl)cc(=O)n1CC(O)C(C)C. The molecule has 1 unspecified atom stereocenters. The van der Waals surface area contributed by atoms with Gasteiger partial charge in [-0.3, -0.25) is 9.36 Å². The van der Waals surface area contributed by atoms with E-state index in [1.54, 1.807) is 6.92 Å². The molecule has 0 aliphatic heterocycles. The monoisotopic (exact) mass is 230 g/mol. The van der Waals surface area contributed by atoms with Gasteiger partial charge >= 0.3 is 0 Å². The molecule has 1 atom stereocenters. The number of nitrogens with zero attached hydrogens (tertiary/aromatic N) is 2. The van der Waals surface area contributed by atoms with E-state index in [2.05, 4.69) is 4.98 Å². The summed E-state index contributed by atoms with van der Waals surface area (Å²) >= 11 is 5.63. The summed E-state index contributed by atoms with van der Waals surface area (Å²) in [6.45, 7) is 5.75. The van der Waals surface area contributed by atoms with Crippen LogP contribution in [0, 0.1) is 12.8 Å². The summed E-state index contributed by atoms with van der Waals surface area (Å²) in [5, 5.41) is 9.87. The third-order valence-electron chi connectivity index (χ3n) is 2.31. The van der Waals surface area contributed by atoms with Crippen molar-refractivity contribution in [3.63, 3.8) is 0 Å². The summed E-state index contributed by atoms with van der Waals surface area (Å²) in [4.78, 5) is 15.5. The van der Waals surface area contributed by atoms with E-state index >= 15 is 0 Å². The molecule has 4 nitrogen and oxygen atoms in total. The van der Waals surface area contributed by atoms with Gasteiger partial charge in [0.25, 0.3) is 5.56 Å². The normalized spacial score (nSPS) is 13.2. The van der Waals surface area contributed by atoms with Gasteiger partial charge in [-0.2, -0.15) is 0 Å². The van der Waals surface area contributed by atoms with Crippen LogP contribution >= 0.6 is 11.6 Å². The number of aromatic nitrogens is 2. The molecule has 1 aromatic rings. The number of halogens is 1. The Bertz CT molecular complexity index is 401. The first-order chi connectivity index (χ1) is 6.91. The van der Waals surface area contributed by atoms with Crippen molar-refractivity contribution >= 4 is 11.6 Å². The zero-order valence-electron chi connectivity index (χ0n) is 9.07. The highest BCUT2D eigenvalue weighted by Gasteiger charge is 2.12. The Kier molecular flexibility index (Phi) is 3.88. The Morgan fingerprint density at radius 1 is 1.60 bits per heavy atom. The van der Waals surface area contributed by atoms with Crippen LogP contribution in [0.15, 0.2) is 10.9 Å². The van der Waals surface area contributed by atoms with Crippen LogP contribution in [0.3, 0.4) is 0 Å². The van der Waals surface area contributed by atoms with Gasteiger partial charge in [-0.1, -0.05) is 25.4 Å². The molecule has 1 aromatic heterocycles. The maximum Gasteiger partial charge on any atom is 0.255 e. The lowest BCUT2D eigenvalue weighted by atomic mass is 10.1. The molecule has 0 amide bonds. The van der Waals surface area contributed by atoms with E-state index in [0.29, 0.717) is 5.82 Å². The van der Waals surface area contributed by atoms with Crippen molar-refractivity contribution in [2.75, 3.05) is 0 Å². The van der Waals surface area contributed by atoms with E-state index in [9.17, 15) is 9.90 Å². The molecule has 0 fully saturated rings. The summed E-state index contributed by atoms with van der Waals surface area (Å²) in [5.74, 6) is 0.624. The van der Waals surface area contributed by atoms with Crippen molar-refractivity contribution in [1.29, 1.82) is 0 Å². The van der Waals surface area contributed by atoms with Crippen molar-refractivity contribution < 1.29 is 5.11 Å². The third-order valence-corrected chi connectivity index (χ3v) is 2.50. The molecule has 0 aliphatic rings. The molecule has 0 saturated heterocycles. The molecular formula is C10H15ClN2O2. The molecule has 84 valence electrons. The molecule has 5 heteroatoms. The topological polar surface area (TPSA) is 55.1 Å². The first-order valence-electron chi connectivity index (χ1n) is 4.84. The van der Waals surface area contributed by atoms with E-state index in [0.717, 1.165) is 0 Å². The van der Waals surface area contributed by atoms with Crippen LogP contribution in [-0.2, 0) is 6.54 Å². The maximum absolute atomic E-state index is 11.5. The molecule has 0 radical (unpaired) electrons. The highest BCUT2D eigenvalue weighted by Crippen LogP contribution is 2.06. The lowest BCUT2D eigenvalue weighted by molar-refractivity contribution is 0.105. The predicted octanol–water partition coefficient (Wildman–Crippen LogP) is 1.22. The minimum atomic E-state index is -0.552. The molecule has 0 aromatic carbocycles. The summed E-state index contributed by atoms with van der Waals surface area (Å²) in [5.41, 5.74) is -0.229. The van der Waals surface area contributed by atoms with Gasteiger partial charge in [0.05, 0.1) is 12.6 Å². The van der Waals surface area contributed by atoms with Crippen LogP contribution in [0.5, 0.6) is 0 Å². The van der Waals surface area contributed by atoms with Gasteiger partial charge in [0, 0.05) is 6.07 Å². The molecule has 1 N–H and O–H groups in total. The number of hydrogen-bond acceptors (Lipinski definition) is 3. The van der Waals surface area contributed by atoms with Crippen LogP contribution in [0.1, 0.15) is 19.7 Å². The van der Waals surface area contributed by atoms with Gasteiger partial charge in [-0.15, -0.1) is 0 Å². The van der Waals surface area contributed by atoms with Crippen molar-refractivity contribution in [3.05, 3.63) is 27.4 Å². The second-order valence-electron chi connectivity index (χ2n) is 3.89. The van der Waals surface area contributed by atoms with Crippen LogP contribution in [0.2, 0.25) is 5.15 Å². The van der Waals surface area contributed by atoms with Crippen LogP contribution < -0.4 is 5.56 Å². The lowest BCUT2D eigenvalue weighted by Gasteiger charge is -2.17. The number of rotatable bonds is 3. The number of aryl methyl sites for hydroxylation is 1. The molecular weight excluding hydrogens is 216 g/mol. The van der Waals surface area contributed by atoms with Crippen molar-refractivity contribution in [1.82, 2.24) is 9.55 Å². The average molecular weight is 231 g/mol. The van der Waals surface area contributed by atoms with E-state index < -0.39 is 6.10 Å². The first kappa shape index (κ1) is 12.2. The zero-order valence-corrected chi connectivity index (χ0v) is 9.82. The van der Waals surface area contributed by atoms with Crippen molar-refractivity contribution in [3.8, 4) is 0 Å². The zero-order chi connectivity index (χ0) is 11.6. The Morgan fingerprint density at radius 2 is 2.20 bits per heavy atom. The third kappa shape index (κ3) is 3.04. The average Bonchev–Trinajstić information content (AvgIpc) is 2.10. The minimum absolute atomic E-state index is 0.104. The van der Waals surface area contributed by atoms with E-state index in [4.69, 9.17) is 11.6 Å². The maximum atomic E-state index is 11.5. The quantitative estimate of drug-likeness (QED) is 0.795. The van der Waals surface area contributed by atoms with Gasteiger partial charge in [-0.05, 0) is 12.8 Å². The van der Waals surface area contributed by atoms with Gasteiger partial charge < -0.3 is 5.11 Å². The highest BCUT2D eigenvalue weighted by atomic mass is 35.5. The molecule has 0 spiro atoms. The highest BCUT2D eigenvalue weighted by molar-refractivity contribution is 6.29. The van der Waals surface area contributed by atoms with Gasteiger partial charge in [0.2, 0.25) is 0 Å². The van der Waals surface area contributed by atoms with Gasteiger partial charge in [0.15, 0.2) is 0 Å². The fourth-order valence-electron chi connectivity index (χ4n) is 1.21. The van der Waals surface area contributed by atoms with E-state index in [1.807, 2.05) is 13.8 Å². The second-order valence-corrected chi connectivity index (χ2v) is 4.27. The molecule has 0 bridgehead atoms. The van der Waals surface area contributed by atoms with Crippen LogP contribution in [-0.4, -0.2) is 20.8 Å². The standard InChI is InChI=1S/C10H15ClN2O2/c1-6(2)8(14)5-13-7(3)12-9(11)4-10(13)15/h4,6,8,14H,5H2,1-3H3. The van der Waals surface area contributed by atoms with Gasteiger partial charge in [-0.25, -0.2) is 4.98 Å². The number of aliphatic hydroxyl groups is 1. The second kappa shape index (κ2) is 4.77. The largest absolute Gasteiger partial charge is 0.391 e. The fraction of sp³-hybridized carbons (Fsp3) is 0.600. The smallest absolute Gasteiger partial charge is 0.255 e. The van der Waals surface area contributed by atoms with E-state index in [-0.39, 0.29) is 23.2 Å². The molecule has 1 rings (SSSR count). The van der Waals surface area contributed by atoms with Gasteiger partial charge in [0.1, 0.15) is 11.0 Å². The number of hydrogen-bond donors (Lipinski definition) is 1. The molecule has 1 heterocycles. The summed E-state index contributed by atoms with van der Waals surface area (Å²) in [6, 6.07) is 1.25. The van der Waals surface area contributed by atoms with E-state index in [1.165, 1.54) is 10.6 Å². The molecule has 0 saturated carbocycles. The fourth-order valence-corrected chi connectivity index (χ4v) is 1.42. The minimum Gasteiger partial charge on any atom is -0.391 e. The Hall–Kier alpha value is -0.870. The van der Waals surface area contributed by atoms with Crippen LogP contribution in [0.25, 0.3) is 0 Å². The van der Waals surface area contributed by atoms with Crippen molar-refractivity contribution in [2.45, 2.75) is 33.4 Å². The molecule has 0 aliphatic carbocycles. The Balaban J connectivity index is 3.00. The van der Waals surface area contributed by atoms with Crippen molar-refractivity contribution in [2.24, 2.45) is 5.92 Å².